The van der Waals surface area contributed by atoms with Crippen molar-refractivity contribution in [2.45, 2.75) is 31.0 Å². The fourth-order valence-corrected chi connectivity index (χ4v) is 3.07. The summed E-state index contributed by atoms with van der Waals surface area (Å²) in [5.41, 5.74) is 1.76. The molecule has 1 amide bonds. The van der Waals surface area contributed by atoms with E-state index in [0.717, 1.165) is 11.1 Å². The van der Waals surface area contributed by atoms with E-state index in [1.807, 2.05) is 18.2 Å². The van der Waals surface area contributed by atoms with E-state index in [4.69, 9.17) is 14.6 Å². The van der Waals surface area contributed by atoms with Crippen LogP contribution in [0.2, 0.25) is 0 Å². The van der Waals surface area contributed by atoms with Crippen molar-refractivity contribution < 1.29 is 22.7 Å². The summed E-state index contributed by atoms with van der Waals surface area (Å²) in [6.45, 7) is 2.77. The molecule has 1 heterocycles. The van der Waals surface area contributed by atoms with E-state index in [9.17, 15) is 13.2 Å². The molecule has 1 unspecified atom stereocenters. The van der Waals surface area contributed by atoms with Crippen molar-refractivity contribution in [3.63, 3.8) is 0 Å². The molecule has 0 spiro atoms. The molecule has 1 aliphatic heterocycles. The molecule has 1 aliphatic rings. The maximum Gasteiger partial charge on any atom is 0.238 e. The average Bonchev–Trinajstić information content (AvgIpc) is 3.11. The van der Waals surface area contributed by atoms with E-state index in [1.165, 1.54) is 12.1 Å². The molecule has 4 N–H and O–H groups in total. The Hall–Kier alpha value is -2.62. The van der Waals surface area contributed by atoms with Crippen molar-refractivity contribution >= 4 is 15.9 Å². The maximum absolute atomic E-state index is 12.2. The second kappa shape index (κ2) is 7.95. The summed E-state index contributed by atoms with van der Waals surface area (Å²) < 4.78 is 33.1. The molecule has 0 saturated heterocycles. The van der Waals surface area contributed by atoms with Crippen LogP contribution in [-0.2, 0) is 27.9 Å². The Kier molecular flexibility index (Phi) is 5.64. The third kappa shape index (κ3) is 4.97. The van der Waals surface area contributed by atoms with E-state index in [-0.39, 0.29) is 17.6 Å². The van der Waals surface area contributed by atoms with Crippen LogP contribution in [0.1, 0.15) is 18.1 Å². The highest BCUT2D eigenvalue weighted by atomic mass is 32.2. The molecular weight excluding hydrogens is 370 g/mol. The monoisotopic (exact) mass is 391 g/mol. The number of fused-ring (bicyclic) bond motifs is 1. The summed E-state index contributed by atoms with van der Waals surface area (Å²) in [5.74, 6) is 1.23. The van der Waals surface area contributed by atoms with E-state index in [0.29, 0.717) is 24.6 Å². The van der Waals surface area contributed by atoms with E-state index in [2.05, 4.69) is 10.6 Å². The van der Waals surface area contributed by atoms with Crippen LogP contribution in [0.15, 0.2) is 47.4 Å². The lowest BCUT2D eigenvalue weighted by molar-refractivity contribution is -0.122. The average molecular weight is 391 g/mol. The highest BCUT2D eigenvalue weighted by Gasteiger charge is 2.15. The number of hydrogen-bond donors (Lipinski definition) is 3. The van der Waals surface area contributed by atoms with Crippen molar-refractivity contribution in [1.82, 2.24) is 10.6 Å². The SMILES string of the molecule is CC(NCc1ccc(S(N)(=O)=O)cc1)C(=O)NCc1ccc2c(c1)OCO2. The lowest BCUT2D eigenvalue weighted by atomic mass is 10.2. The van der Waals surface area contributed by atoms with Crippen LogP contribution >= 0.6 is 0 Å². The number of carbonyl (C=O) groups excluding carboxylic acids is 1. The second-order valence-electron chi connectivity index (χ2n) is 6.20. The standard InChI is InChI=1S/C18H21N3O5S/c1-12(20-9-13-2-5-15(6-3-13)27(19,23)24)18(22)21-10-14-4-7-16-17(8-14)26-11-25-16/h2-8,12,20H,9-11H2,1H3,(H,21,22)(H2,19,23,24). The molecule has 0 saturated carbocycles. The molecule has 27 heavy (non-hydrogen) atoms. The number of carbonyl (C=O) groups is 1. The van der Waals surface area contributed by atoms with Gasteiger partial charge in [0.1, 0.15) is 0 Å². The van der Waals surface area contributed by atoms with Crippen molar-refractivity contribution in [1.29, 1.82) is 0 Å². The van der Waals surface area contributed by atoms with Gasteiger partial charge in [0.2, 0.25) is 22.7 Å². The number of sulfonamides is 1. The molecule has 8 nitrogen and oxygen atoms in total. The first-order valence-corrected chi connectivity index (χ1v) is 9.89. The van der Waals surface area contributed by atoms with Crippen LogP contribution < -0.4 is 25.2 Å². The largest absolute Gasteiger partial charge is 0.454 e. The summed E-state index contributed by atoms with van der Waals surface area (Å²) in [6, 6.07) is 11.3. The zero-order valence-corrected chi connectivity index (χ0v) is 15.6. The highest BCUT2D eigenvalue weighted by Crippen LogP contribution is 2.32. The zero-order valence-electron chi connectivity index (χ0n) is 14.8. The van der Waals surface area contributed by atoms with Gasteiger partial charge in [0.15, 0.2) is 11.5 Å². The lowest BCUT2D eigenvalue weighted by Gasteiger charge is -2.14. The van der Waals surface area contributed by atoms with Crippen molar-refractivity contribution in [2.75, 3.05) is 6.79 Å². The van der Waals surface area contributed by atoms with Gasteiger partial charge < -0.3 is 20.1 Å². The van der Waals surface area contributed by atoms with Gasteiger partial charge in [-0.15, -0.1) is 0 Å². The summed E-state index contributed by atoms with van der Waals surface area (Å²) >= 11 is 0. The number of nitrogens with one attached hydrogen (secondary N) is 2. The topological polar surface area (TPSA) is 120 Å². The van der Waals surface area contributed by atoms with Crippen molar-refractivity contribution in [2.24, 2.45) is 5.14 Å². The Morgan fingerprint density at radius 2 is 1.74 bits per heavy atom. The highest BCUT2D eigenvalue weighted by molar-refractivity contribution is 7.89. The molecular formula is C18H21N3O5S. The van der Waals surface area contributed by atoms with Crippen LogP contribution in [0.5, 0.6) is 11.5 Å². The number of ether oxygens (including phenoxy) is 2. The lowest BCUT2D eigenvalue weighted by Crippen LogP contribution is -2.41. The van der Waals surface area contributed by atoms with E-state index in [1.54, 1.807) is 19.1 Å². The summed E-state index contributed by atoms with van der Waals surface area (Å²) in [6.07, 6.45) is 0. The number of rotatable bonds is 7. The fraction of sp³-hybridized carbons (Fsp3) is 0.278. The second-order valence-corrected chi connectivity index (χ2v) is 7.76. The molecule has 0 aromatic heterocycles. The number of nitrogens with two attached hydrogens (primary N) is 1. The summed E-state index contributed by atoms with van der Waals surface area (Å²) in [4.78, 5) is 12.3. The minimum atomic E-state index is -3.70. The van der Waals surface area contributed by atoms with Gasteiger partial charge in [0, 0.05) is 13.1 Å². The van der Waals surface area contributed by atoms with Gasteiger partial charge in [0.25, 0.3) is 0 Å². The number of hydrogen-bond acceptors (Lipinski definition) is 6. The molecule has 3 rings (SSSR count). The Bertz CT molecular complexity index is 929. The minimum Gasteiger partial charge on any atom is -0.454 e. The zero-order chi connectivity index (χ0) is 19.4. The quantitative estimate of drug-likeness (QED) is 0.644. The van der Waals surface area contributed by atoms with Gasteiger partial charge >= 0.3 is 0 Å². The van der Waals surface area contributed by atoms with E-state index >= 15 is 0 Å². The maximum atomic E-state index is 12.2. The summed E-state index contributed by atoms with van der Waals surface area (Å²) in [7, 11) is -3.70. The Labute approximate surface area is 157 Å². The minimum absolute atomic E-state index is 0.0563. The first-order chi connectivity index (χ1) is 12.8. The molecule has 1 atom stereocenters. The van der Waals surface area contributed by atoms with Crippen LogP contribution in [0.3, 0.4) is 0 Å². The van der Waals surface area contributed by atoms with Crippen LogP contribution in [0.25, 0.3) is 0 Å². The fourth-order valence-electron chi connectivity index (χ4n) is 2.55. The molecule has 0 radical (unpaired) electrons. The molecule has 0 bridgehead atoms. The Balaban J connectivity index is 1.47. The van der Waals surface area contributed by atoms with Crippen LogP contribution in [-0.4, -0.2) is 27.2 Å². The van der Waals surface area contributed by atoms with Gasteiger partial charge in [-0.2, -0.15) is 0 Å². The molecule has 9 heteroatoms. The third-order valence-corrected chi connectivity index (χ3v) is 5.09. The van der Waals surface area contributed by atoms with Crippen molar-refractivity contribution in [3.8, 4) is 11.5 Å². The number of primary sulfonamides is 1. The molecule has 0 fully saturated rings. The third-order valence-electron chi connectivity index (χ3n) is 4.16. The number of amides is 1. The van der Waals surface area contributed by atoms with Crippen LogP contribution in [0, 0.1) is 0 Å². The van der Waals surface area contributed by atoms with Gasteiger partial charge in [-0.3, -0.25) is 4.79 Å². The van der Waals surface area contributed by atoms with Gasteiger partial charge in [-0.25, -0.2) is 13.6 Å². The van der Waals surface area contributed by atoms with Crippen molar-refractivity contribution in [3.05, 3.63) is 53.6 Å². The predicted molar refractivity (Wildman–Crippen MR) is 98.5 cm³/mol. The number of benzene rings is 2. The van der Waals surface area contributed by atoms with Gasteiger partial charge in [-0.05, 0) is 42.3 Å². The first-order valence-electron chi connectivity index (χ1n) is 8.34. The first kappa shape index (κ1) is 19.2. The normalized spacial score (nSPS) is 14.0. The Morgan fingerprint density at radius 3 is 2.44 bits per heavy atom. The van der Waals surface area contributed by atoms with Gasteiger partial charge in [-0.1, -0.05) is 18.2 Å². The molecule has 2 aromatic carbocycles. The van der Waals surface area contributed by atoms with E-state index < -0.39 is 16.1 Å². The smallest absolute Gasteiger partial charge is 0.238 e. The molecule has 144 valence electrons. The molecule has 2 aromatic rings. The van der Waals surface area contributed by atoms with Crippen LogP contribution in [0.4, 0.5) is 0 Å². The summed E-state index contributed by atoms with van der Waals surface area (Å²) in [5, 5.41) is 11.0. The Morgan fingerprint density at radius 1 is 1.07 bits per heavy atom. The molecule has 0 aliphatic carbocycles. The van der Waals surface area contributed by atoms with Gasteiger partial charge in [0.05, 0.1) is 10.9 Å². The predicted octanol–water partition coefficient (Wildman–Crippen LogP) is 0.857.